The molecule has 12 heteroatoms. The van der Waals surface area contributed by atoms with Gasteiger partial charge in [-0.25, -0.2) is 29.9 Å². The van der Waals surface area contributed by atoms with Crippen molar-refractivity contribution in [2.75, 3.05) is 35.8 Å². The number of benzene rings is 3. The molecular formula is C57H75Br3N6O3. The fraction of sp³-hybridized carbons (Fsp3) is 0.474. The SMILES string of the molecule is CCCCCc1cnc(-c2ccc(OCCCCCBr)cc2)nc1.CCCCc1cnc(-c2ccc(OCCCCCBr)cc2)nc1.CCCc1cnc(-c2ccc(OCCCCCBr)cc2)nc1. The van der Waals surface area contributed by atoms with Gasteiger partial charge >= 0.3 is 0 Å². The van der Waals surface area contributed by atoms with Gasteiger partial charge in [0.2, 0.25) is 0 Å². The van der Waals surface area contributed by atoms with Gasteiger partial charge in [-0.2, -0.15) is 0 Å². The summed E-state index contributed by atoms with van der Waals surface area (Å²) in [5, 5.41) is 3.21. The molecule has 3 aromatic heterocycles. The molecule has 0 unspecified atom stereocenters. The summed E-state index contributed by atoms with van der Waals surface area (Å²) < 4.78 is 17.3. The molecule has 0 fully saturated rings. The van der Waals surface area contributed by atoms with Gasteiger partial charge in [0.1, 0.15) is 17.2 Å². The van der Waals surface area contributed by atoms with Crippen molar-refractivity contribution in [3.05, 3.63) is 127 Å². The maximum absolute atomic E-state index is 5.76. The number of hydrogen-bond acceptors (Lipinski definition) is 9. The molecule has 69 heavy (non-hydrogen) atoms. The minimum atomic E-state index is 0.767. The second kappa shape index (κ2) is 36.6. The van der Waals surface area contributed by atoms with Crippen molar-refractivity contribution < 1.29 is 14.2 Å². The molecule has 0 bridgehead atoms. The van der Waals surface area contributed by atoms with Gasteiger partial charge in [0, 0.05) is 69.9 Å². The highest BCUT2D eigenvalue weighted by Crippen LogP contribution is 2.23. The Morgan fingerprint density at radius 3 is 0.913 bits per heavy atom. The summed E-state index contributed by atoms with van der Waals surface area (Å²) in [7, 11) is 0. The van der Waals surface area contributed by atoms with E-state index in [1.54, 1.807) is 0 Å². The van der Waals surface area contributed by atoms with Crippen LogP contribution in [0.2, 0.25) is 0 Å². The van der Waals surface area contributed by atoms with Crippen LogP contribution in [0, 0.1) is 0 Å². The molecule has 372 valence electrons. The van der Waals surface area contributed by atoms with Crippen LogP contribution in [0.5, 0.6) is 17.2 Å². The third kappa shape index (κ3) is 23.9. The lowest BCUT2D eigenvalue weighted by Crippen LogP contribution is -1.97. The van der Waals surface area contributed by atoms with Crippen LogP contribution in [0.25, 0.3) is 34.2 Å². The zero-order chi connectivity index (χ0) is 49.0. The van der Waals surface area contributed by atoms with Crippen LogP contribution >= 0.6 is 47.8 Å². The van der Waals surface area contributed by atoms with Gasteiger partial charge in [0.05, 0.1) is 19.8 Å². The normalized spacial score (nSPS) is 10.7. The summed E-state index contributed by atoms with van der Waals surface area (Å²) in [5.41, 5.74) is 6.69. The Hall–Kier alpha value is -4.26. The third-order valence-corrected chi connectivity index (χ3v) is 12.7. The highest BCUT2D eigenvalue weighted by molar-refractivity contribution is 9.09. The summed E-state index contributed by atoms with van der Waals surface area (Å²) in [5.74, 6) is 5.04. The lowest BCUT2D eigenvalue weighted by atomic mass is 10.1. The monoisotopic (exact) mass is 1130 g/mol. The smallest absolute Gasteiger partial charge is 0.159 e. The van der Waals surface area contributed by atoms with Crippen LogP contribution in [-0.4, -0.2) is 65.7 Å². The first-order chi connectivity index (χ1) is 34.0. The number of unbranched alkanes of at least 4 members (excludes halogenated alkanes) is 9. The number of nitrogens with zero attached hydrogens (tertiary/aromatic N) is 6. The number of hydrogen-bond donors (Lipinski definition) is 0. The number of aryl methyl sites for hydroxylation is 3. The Morgan fingerprint density at radius 2 is 0.623 bits per heavy atom. The Balaban J connectivity index is 0.000000226. The second-order valence-electron chi connectivity index (χ2n) is 16.9. The maximum Gasteiger partial charge on any atom is 0.159 e. The first-order valence-electron chi connectivity index (χ1n) is 25.3. The van der Waals surface area contributed by atoms with Crippen molar-refractivity contribution in [2.24, 2.45) is 0 Å². The summed E-state index contributed by atoms with van der Waals surface area (Å²) in [6, 6.07) is 24.1. The molecule has 0 aliphatic rings. The third-order valence-electron chi connectivity index (χ3n) is 11.0. The van der Waals surface area contributed by atoms with Gasteiger partial charge in [0.15, 0.2) is 17.5 Å². The highest BCUT2D eigenvalue weighted by atomic mass is 79.9. The van der Waals surface area contributed by atoms with Crippen LogP contribution in [0.4, 0.5) is 0 Å². The van der Waals surface area contributed by atoms with Gasteiger partial charge in [0.25, 0.3) is 0 Å². The first kappa shape index (κ1) is 57.3. The van der Waals surface area contributed by atoms with E-state index < -0.39 is 0 Å². The molecule has 0 aliphatic carbocycles. The Morgan fingerprint density at radius 1 is 0.319 bits per heavy atom. The molecule has 0 saturated heterocycles. The van der Waals surface area contributed by atoms with Crippen LogP contribution in [0.15, 0.2) is 110 Å². The number of aromatic nitrogens is 6. The fourth-order valence-electron chi connectivity index (χ4n) is 6.94. The van der Waals surface area contributed by atoms with Crippen LogP contribution in [-0.2, 0) is 19.3 Å². The van der Waals surface area contributed by atoms with E-state index in [-0.39, 0.29) is 0 Å². The molecule has 0 radical (unpaired) electrons. The van der Waals surface area contributed by atoms with Crippen LogP contribution < -0.4 is 14.2 Å². The first-order valence-corrected chi connectivity index (χ1v) is 28.7. The van der Waals surface area contributed by atoms with Crippen LogP contribution in [0.1, 0.15) is 134 Å². The van der Waals surface area contributed by atoms with Gasteiger partial charge in [-0.3, -0.25) is 0 Å². The fourth-order valence-corrected chi connectivity index (χ4v) is 8.13. The molecule has 0 N–H and O–H groups in total. The average Bonchev–Trinajstić information content (AvgIpc) is 3.40. The zero-order valence-corrected chi connectivity index (χ0v) is 46.2. The van der Waals surface area contributed by atoms with E-state index >= 15 is 0 Å². The van der Waals surface area contributed by atoms with Gasteiger partial charge in [-0.05, 0) is 179 Å². The van der Waals surface area contributed by atoms with Crippen molar-refractivity contribution in [1.82, 2.24) is 29.9 Å². The van der Waals surface area contributed by atoms with E-state index in [0.717, 1.165) is 132 Å². The number of alkyl halides is 3. The molecule has 6 aromatic rings. The quantitative estimate of drug-likeness (QED) is 0.0322. The average molecular weight is 1130 g/mol. The van der Waals surface area contributed by atoms with Gasteiger partial charge in [-0.15, -0.1) is 0 Å². The van der Waals surface area contributed by atoms with Crippen molar-refractivity contribution >= 4 is 47.8 Å². The second-order valence-corrected chi connectivity index (χ2v) is 19.3. The Labute approximate surface area is 439 Å². The van der Waals surface area contributed by atoms with Crippen molar-refractivity contribution in [3.63, 3.8) is 0 Å². The molecule has 3 heterocycles. The predicted molar refractivity (Wildman–Crippen MR) is 298 cm³/mol. The van der Waals surface area contributed by atoms with Gasteiger partial charge in [-0.1, -0.05) is 94.2 Å². The molecule has 6 rings (SSSR count). The summed E-state index contributed by atoms with van der Waals surface area (Å²) in [6.07, 6.45) is 32.4. The Kier molecular flexibility index (Phi) is 30.4. The standard InChI is InChI=1S/C20H27BrN2O.C19H25BrN2O.C18H23BrN2O/c1-2-3-5-8-17-15-22-20(23-16-17)18-9-11-19(12-10-18)24-14-7-4-6-13-21;1-2-3-7-16-14-21-19(22-15-16)17-8-10-18(11-9-17)23-13-6-4-5-12-20;1-2-6-15-13-20-18(21-14-15)16-7-9-17(10-8-16)22-12-5-3-4-11-19/h9-12,15-16H,2-8,13-14H2,1H3;8-11,14-15H,2-7,12-13H2,1H3;7-10,13-14H,2-6,11-12H2,1H3. The minimum Gasteiger partial charge on any atom is -0.494 e. The molecule has 0 aliphatic heterocycles. The summed E-state index contributed by atoms with van der Waals surface area (Å²) >= 11 is 10.3. The molecule has 0 spiro atoms. The predicted octanol–water partition coefficient (Wildman–Crippen LogP) is 16.3. The summed E-state index contributed by atoms with van der Waals surface area (Å²) in [6.45, 7) is 8.89. The number of rotatable bonds is 30. The van der Waals surface area contributed by atoms with E-state index in [0.29, 0.717) is 0 Å². The molecule has 0 amide bonds. The van der Waals surface area contributed by atoms with E-state index in [9.17, 15) is 0 Å². The summed E-state index contributed by atoms with van der Waals surface area (Å²) in [4.78, 5) is 26.8. The van der Waals surface area contributed by atoms with Crippen molar-refractivity contribution in [3.8, 4) is 51.4 Å². The lowest BCUT2D eigenvalue weighted by molar-refractivity contribution is 0.306. The molecule has 0 saturated carbocycles. The van der Waals surface area contributed by atoms with Crippen molar-refractivity contribution in [1.29, 1.82) is 0 Å². The van der Waals surface area contributed by atoms with E-state index in [1.807, 2.05) is 110 Å². The number of halogens is 3. The van der Waals surface area contributed by atoms with Crippen molar-refractivity contribution in [2.45, 2.75) is 136 Å². The number of ether oxygens (including phenoxy) is 3. The zero-order valence-electron chi connectivity index (χ0n) is 41.4. The molecular weight excluding hydrogens is 1060 g/mol. The highest BCUT2D eigenvalue weighted by Gasteiger charge is 2.06. The maximum atomic E-state index is 5.76. The Bertz CT molecular complexity index is 2160. The minimum absolute atomic E-state index is 0.767. The molecule has 3 aromatic carbocycles. The van der Waals surface area contributed by atoms with E-state index in [4.69, 9.17) is 14.2 Å². The lowest BCUT2D eigenvalue weighted by Gasteiger charge is -2.07. The van der Waals surface area contributed by atoms with Crippen LogP contribution in [0.3, 0.4) is 0 Å². The molecule has 9 nitrogen and oxygen atoms in total. The molecule has 0 atom stereocenters. The largest absolute Gasteiger partial charge is 0.494 e. The topological polar surface area (TPSA) is 105 Å². The van der Waals surface area contributed by atoms with E-state index in [2.05, 4.69) is 98.5 Å². The van der Waals surface area contributed by atoms with E-state index in [1.165, 1.54) is 87.3 Å². The van der Waals surface area contributed by atoms with Gasteiger partial charge < -0.3 is 14.2 Å².